The van der Waals surface area contributed by atoms with Crippen molar-refractivity contribution in [2.75, 3.05) is 10.6 Å². The van der Waals surface area contributed by atoms with Gasteiger partial charge in [0.15, 0.2) is 5.11 Å². The lowest BCUT2D eigenvalue weighted by molar-refractivity contribution is -0.118. The van der Waals surface area contributed by atoms with Gasteiger partial charge in [0.1, 0.15) is 0 Å². The number of carbonyl (C=O) groups is 2. The number of anilines is 2. The quantitative estimate of drug-likeness (QED) is 0.654. The van der Waals surface area contributed by atoms with Crippen LogP contribution in [0, 0.1) is 5.92 Å². The summed E-state index contributed by atoms with van der Waals surface area (Å²) in [5.74, 6) is -0.449. The number of rotatable bonds is 4. The Kier molecular flexibility index (Phi) is 6.91. The van der Waals surface area contributed by atoms with E-state index >= 15 is 0 Å². The van der Waals surface area contributed by atoms with Crippen LogP contribution in [0.5, 0.6) is 0 Å². The van der Waals surface area contributed by atoms with E-state index < -0.39 is 0 Å². The number of carbonyl (C=O) groups excluding carboxylic acids is 2. The van der Waals surface area contributed by atoms with Gasteiger partial charge in [0.25, 0.3) is 5.91 Å². The third-order valence-electron chi connectivity index (χ3n) is 4.15. The largest absolute Gasteiger partial charge is 0.332 e. The van der Waals surface area contributed by atoms with Gasteiger partial charge in [-0.05, 0) is 53.5 Å². The Labute approximate surface area is 171 Å². The van der Waals surface area contributed by atoms with Crippen molar-refractivity contribution in [2.45, 2.75) is 40.0 Å². The molecule has 2 rings (SSSR count). The van der Waals surface area contributed by atoms with E-state index in [1.54, 1.807) is 30.3 Å². The van der Waals surface area contributed by atoms with E-state index in [0.717, 1.165) is 5.56 Å². The Morgan fingerprint density at radius 1 is 0.929 bits per heavy atom. The van der Waals surface area contributed by atoms with Crippen LogP contribution in [0.25, 0.3) is 0 Å². The Morgan fingerprint density at radius 2 is 1.50 bits per heavy atom. The summed E-state index contributed by atoms with van der Waals surface area (Å²) in [6, 6.07) is 14.6. The summed E-state index contributed by atoms with van der Waals surface area (Å²) in [6.07, 6.45) is 0. The van der Waals surface area contributed by atoms with Crippen molar-refractivity contribution in [1.82, 2.24) is 5.32 Å². The van der Waals surface area contributed by atoms with Gasteiger partial charge in [-0.2, -0.15) is 0 Å². The molecule has 0 saturated heterocycles. The van der Waals surface area contributed by atoms with Crippen molar-refractivity contribution in [3.05, 3.63) is 59.7 Å². The van der Waals surface area contributed by atoms with Gasteiger partial charge in [0.05, 0.1) is 0 Å². The van der Waals surface area contributed by atoms with E-state index in [1.165, 1.54) is 0 Å². The molecule has 0 fully saturated rings. The van der Waals surface area contributed by atoms with Gasteiger partial charge in [-0.1, -0.05) is 52.8 Å². The second kappa shape index (κ2) is 8.97. The fourth-order valence-corrected chi connectivity index (χ4v) is 2.63. The van der Waals surface area contributed by atoms with E-state index in [4.69, 9.17) is 12.2 Å². The number of hydrogen-bond donors (Lipinski definition) is 3. The summed E-state index contributed by atoms with van der Waals surface area (Å²) in [6.45, 7) is 10.0. The Morgan fingerprint density at radius 3 is 2.04 bits per heavy atom. The molecule has 0 aliphatic heterocycles. The molecule has 0 spiro atoms. The van der Waals surface area contributed by atoms with Crippen LogP contribution in [-0.2, 0) is 10.2 Å². The molecule has 0 heterocycles. The minimum atomic E-state index is -0.276. The third-order valence-corrected chi connectivity index (χ3v) is 4.36. The lowest BCUT2D eigenvalue weighted by Crippen LogP contribution is -2.34. The molecule has 0 radical (unpaired) electrons. The summed E-state index contributed by atoms with van der Waals surface area (Å²) < 4.78 is 0. The lowest BCUT2D eigenvalue weighted by Gasteiger charge is -2.19. The normalized spacial score (nSPS) is 11.1. The molecule has 5 nitrogen and oxygen atoms in total. The molecule has 0 aliphatic carbocycles. The van der Waals surface area contributed by atoms with Crippen molar-refractivity contribution < 1.29 is 9.59 Å². The maximum Gasteiger partial charge on any atom is 0.257 e. The SMILES string of the molecule is CC(C)C(=O)Nc1cccc(NC(=S)NC(=O)c2ccc(C(C)(C)C)cc2)c1. The van der Waals surface area contributed by atoms with Crippen LogP contribution in [0.15, 0.2) is 48.5 Å². The summed E-state index contributed by atoms with van der Waals surface area (Å²) in [4.78, 5) is 24.2. The Hall–Kier alpha value is -2.73. The molecule has 0 saturated carbocycles. The van der Waals surface area contributed by atoms with Gasteiger partial charge in [-0.15, -0.1) is 0 Å². The predicted molar refractivity (Wildman–Crippen MR) is 119 cm³/mol. The van der Waals surface area contributed by atoms with Crippen LogP contribution < -0.4 is 16.0 Å². The maximum atomic E-state index is 12.4. The minimum Gasteiger partial charge on any atom is -0.332 e. The highest BCUT2D eigenvalue weighted by Crippen LogP contribution is 2.22. The highest BCUT2D eigenvalue weighted by Gasteiger charge is 2.15. The summed E-state index contributed by atoms with van der Waals surface area (Å²) >= 11 is 5.24. The lowest BCUT2D eigenvalue weighted by atomic mass is 9.87. The summed E-state index contributed by atoms with van der Waals surface area (Å²) in [7, 11) is 0. The number of nitrogens with one attached hydrogen (secondary N) is 3. The number of amides is 2. The van der Waals surface area contributed by atoms with Crippen LogP contribution in [0.3, 0.4) is 0 Å². The Balaban J connectivity index is 1.98. The molecule has 0 aliphatic rings. The highest BCUT2D eigenvalue weighted by molar-refractivity contribution is 7.80. The molecular formula is C22H27N3O2S. The molecule has 2 amide bonds. The molecule has 0 aromatic heterocycles. The van der Waals surface area contributed by atoms with Gasteiger partial charge >= 0.3 is 0 Å². The first-order chi connectivity index (χ1) is 13.1. The first-order valence-corrected chi connectivity index (χ1v) is 9.61. The van der Waals surface area contributed by atoms with Crippen molar-refractivity contribution in [3.8, 4) is 0 Å². The smallest absolute Gasteiger partial charge is 0.257 e. The second-order valence-corrected chi connectivity index (χ2v) is 8.37. The van der Waals surface area contributed by atoms with Crippen LogP contribution in [0.2, 0.25) is 0 Å². The van der Waals surface area contributed by atoms with Gasteiger partial charge in [0, 0.05) is 22.9 Å². The average molecular weight is 398 g/mol. The number of thiocarbonyl (C=S) groups is 1. The van der Waals surface area contributed by atoms with Crippen LogP contribution in [0.4, 0.5) is 11.4 Å². The topological polar surface area (TPSA) is 70.2 Å². The molecule has 6 heteroatoms. The average Bonchev–Trinajstić information content (AvgIpc) is 2.61. The molecule has 2 aromatic rings. The summed E-state index contributed by atoms with van der Waals surface area (Å²) in [5, 5.41) is 8.67. The monoisotopic (exact) mass is 397 g/mol. The van der Waals surface area contributed by atoms with Gasteiger partial charge in [-0.3, -0.25) is 14.9 Å². The molecule has 0 atom stereocenters. The van der Waals surface area contributed by atoms with Crippen LogP contribution in [-0.4, -0.2) is 16.9 Å². The van der Waals surface area contributed by atoms with Gasteiger partial charge < -0.3 is 10.6 Å². The zero-order valence-corrected chi connectivity index (χ0v) is 17.7. The van der Waals surface area contributed by atoms with Gasteiger partial charge in [-0.25, -0.2) is 0 Å². The molecule has 2 aromatic carbocycles. The fraction of sp³-hybridized carbons (Fsp3) is 0.318. The number of hydrogen-bond acceptors (Lipinski definition) is 3. The van der Waals surface area contributed by atoms with E-state index in [-0.39, 0.29) is 28.3 Å². The van der Waals surface area contributed by atoms with E-state index in [2.05, 4.69) is 36.7 Å². The standard InChI is InChI=1S/C22H27N3O2S/c1-14(2)19(26)23-17-7-6-8-18(13-17)24-21(28)25-20(27)15-9-11-16(12-10-15)22(3,4)5/h6-14H,1-5H3,(H,23,26)(H2,24,25,27,28). The molecule has 3 N–H and O–H groups in total. The van der Waals surface area contributed by atoms with Crippen LogP contribution >= 0.6 is 12.2 Å². The highest BCUT2D eigenvalue weighted by atomic mass is 32.1. The first-order valence-electron chi connectivity index (χ1n) is 9.20. The first kappa shape index (κ1) is 21.6. The van der Waals surface area contributed by atoms with E-state index in [9.17, 15) is 9.59 Å². The minimum absolute atomic E-state index is 0.0296. The Bertz CT molecular complexity index is 868. The molecule has 0 bridgehead atoms. The van der Waals surface area contributed by atoms with Crippen molar-refractivity contribution >= 4 is 40.5 Å². The molecular weight excluding hydrogens is 370 g/mol. The second-order valence-electron chi connectivity index (χ2n) is 7.96. The van der Waals surface area contributed by atoms with E-state index in [0.29, 0.717) is 16.9 Å². The molecule has 0 unspecified atom stereocenters. The third kappa shape index (κ3) is 6.16. The molecule has 148 valence electrons. The van der Waals surface area contributed by atoms with Crippen molar-refractivity contribution in [2.24, 2.45) is 5.92 Å². The molecule has 28 heavy (non-hydrogen) atoms. The van der Waals surface area contributed by atoms with Crippen LogP contribution in [0.1, 0.15) is 50.5 Å². The zero-order valence-electron chi connectivity index (χ0n) is 16.9. The van der Waals surface area contributed by atoms with Crippen molar-refractivity contribution in [3.63, 3.8) is 0 Å². The number of benzene rings is 2. The van der Waals surface area contributed by atoms with Gasteiger partial charge in [0.2, 0.25) is 5.91 Å². The fourth-order valence-electron chi connectivity index (χ4n) is 2.42. The maximum absolute atomic E-state index is 12.4. The predicted octanol–water partition coefficient (Wildman–Crippen LogP) is 4.71. The van der Waals surface area contributed by atoms with Crippen molar-refractivity contribution in [1.29, 1.82) is 0 Å². The zero-order chi connectivity index (χ0) is 20.9. The van der Waals surface area contributed by atoms with E-state index in [1.807, 2.05) is 32.0 Å². The summed E-state index contributed by atoms with van der Waals surface area (Å²) in [5.41, 5.74) is 3.06.